The highest BCUT2D eigenvalue weighted by atomic mass is 35.5. The van der Waals surface area contributed by atoms with Gasteiger partial charge in [-0.1, -0.05) is 30.7 Å². The fourth-order valence-electron chi connectivity index (χ4n) is 2.80. The first-order valence-electron chi connectivity index (χ1n) is 8.95. The van der Waals surface area contributed by atoms with Crippen molar-refractivity contribution in [2.24, 2.45) is 0 Å². The fourth-order valence-corrected chi connectivity index (χ4v) is 3.02. The number of anilines is 1. The lowest BCUT2D eigenvalue weighted by Crippen LogP contribution is -2.10. The maximum absolute atomic E-state index is 11.7. The van der Waals surface area contributed by atoms with Crippen molar-refractivity contribution >= 4 is 23.3 Å². The van der Waals surface area contributed by atoms with Gasteiger partial charge in [-0.05, 0) is 30.7 Å². The predicted octanol–water partition coefficient (Wildman–Crippen LogP) is 4.50. The summed E-state index contributed by atoms with van der Waals surface area (Å²) < 4.78 is 6.13. The van der Waals surface area contributed by atoms with Crippen LogP contribution < -0.4 is 5.32 Å². The third-order valence-electron chi connectivity index (χ3n) is 4.31. The largest absolute Gasteiger partial charge is 0.435 e. The number of nitrogens with one attached hydrogen (secondary N) is 2. The summed E-state index contributed by atoms with van der Waals surface area (Å²) in [6, 6.07) is 9.06. The van der Waals surface area contributed by atoms with Crippen LogP contribution in [0.2, 0.25) is 5.02 Å². The van der Waals surface area contributed by atoms with E-state index in [1.54, 1.807) is 25.3 Å². The molecule has 2 N–H and O–H groups in total. The summed E-state index contributed by atoms with van der Waals surface area (Å²) in [5, 5.41) is 9.99. The van der Waals surface area contributed by atoms with Crippen molar-refractivity contribution in [3.63, 3.8) is 0 Å². The molecule has 3 aromatic heterocycles. The molecule has 0 aliphatic rings. The molecule has 0 unspecified atom stereocenters. The molecule has 4 aromatic rings. The summed E-state index contributed by atoms with van der Waals surface area (Å²) in [7, 11) is 0. The van der Waals surface area contributed by atoms with Crippen LogP contribution in [0, 0.1) is 6.92 Å². The molecule has 29 heavy (non-hydrogen) atoms. The Morgan fingerprint density at radius 1 is 1.24 bits per heavy atom. The van der Waals surface area contributed by atoms with Gasteiger partial charge in [0.2, 0.25) is 11.8 Å². The molecule has 9 heteroatoms. The quantitative estimate of drug-likeness (QED) is 0.503. The summed E-state index contributed by atoms with van der Waals surface area (Å²) in [5.41, 5.74) is 2.72. The Morgan fingerprint density at radius 2 is 2.07 bits per heavy atom. The minimum Gasteiger partial charge on any atom is -0.435 e. The fraction of sp³-hybridized carbons (Fsp3) is 0.150. The van der Waals surface area contributed by atoms with E-state index < -0.39 is 0 Å². The second kappa shape index (κ2) is 7.84. The Labute approximate surface area is 171 Å². The minimum atomic E-state index is -0.126. The maximum Gasteiger partial charge on any atom is 0.227 e. The van der Waals surface area contributed by atoms with Crippen LogP contribution in [0.4, 0.5) is 5.82 Å². The van der Waals surface area contributed by atoms with E-state index in [2.05, 4.69) is 30.5 Å². The van der Waals surface area contributed by atoms with E-state index in [0.29, 0.717) is 51.6 Å². The second-order valence-corrected chi connectivity index (χ2v) is 6.70. The van der Waals surface area contributed by atoms with E-state index in [-0.39, 0.29) is 5.91 Å². The molecular weight excluding hydrogens is 392 g/mol. The number of carbonyl (C=O) groups excluding carboxylic acids is 1. The molecule has 1 aromatic carbocycles. The average molecular weight is 409 g/mol. The number of rotatable bonds is 5. The molecule has 0 aliphatic heterocycles. The van der Waals surface area contributed by atoms with Crippen LogP contribution in [0.5, 0.6) is 0 Å². The molecule has 3 heterocycles. The Hall–Kier alpha value is -3.52. The molecule has 0 fully saturated rings. The third kappa shape index (κ3) is 3.74. The van der Waals surface area contributed by atoms with Crippen LogP contribution in [0.15, 0.2) is 47.3 Å². The first-order valence-corrected chi connectivity index (χ1v) is 9.33. The molecule has 8 nitrogen and oxygen atoms in total. The number of amides is 1. The topological polar surface area (TPSA) is 110 Å². The lowest BCUT2D eigenvalue weighted by molar-refractivity contribution is -0.115. The van der Waals surface area contributed by atoms with Gasteiger partial charge in [0.1, 0.15) is 12.1 Å². The van der Waals surface area contributed by atoms with Gasteiger partial charge in [0.25, 0.3) is 0 Å². The van der Waals surface area contributed by atoms with E-state index in [0.717, 1.165) is 5.56 Å². The maximum atomic E-state index is 11.7. The lowest BCUT2D eigenvalue weighted by Gasteiger charge is -2.06. The van der Waals surface area contributed by atoms with Crippen LogP contribution in [0.25, 0.3) is 34.3 Å². The number of hydrogen-bond acceptors (Lipinski definition) is 6. The summed E-state index contributed by atoms with van der Waals surface area (Å²) in [5.74, 6) is 1.59. The van der Waals surface area contributed by atoms with Crippen molar-refractivity contribution in [2.75, 3.05) is 5.32 Å². The standard InChI is InChI=1S/C20H17ClN6O2/c1-3-16(28)25-15-8-13(11(2)9-22-15)20-26-17(19-23-10-24-27-19)18(29-20)12-6-4-5-7-14(12)21/h4-10H,3H2,1-2H3,(H,22,25,28)(H,23,24,27). The van der Waals surface area contributed by atoms with Crippen molar-refractivity contribution in [1.29, 1.82) is 0 Å². The van der Waals surface area contributed by atoms with Gasteiger partial charge in [-0.2, -0.15) is 5.10 Å². The van der Waals surface area contributed by atoms with Crippen molar-refractivity contribution in [3.8, 4) is 34.3 Å². The smallest absolute Gasteiger partial charge is 0.227 e. The van der Waals surface area contributed by atoms with Crippen LogP contribution in [0.1, 0.15) is 18.9 Å². The zero-order chi connectivity index (χ0) is 20.4. The van der Waals surface area contributed by atoms with Crippen molar-refractivity contribution in [2.45, 2.75) is 20.3 Å². The minimum absolute atomic E-state index is 0.126. The van der Waals surface area contributed by atoms with Crippen LogP contribution in [-0.4, -0.2) is 31.1 Å². The van der Waals surface area contributed by atoms with Gasteiger partial charge in [0.15, 0.2) is 17.3 Å². The Morgan fingerprint density at radius 3 is 2.79 bits per heavy atom. The Kier molecular flexibility index (Phi) is 5.09. The van der Waals surface area contributed by atoms with Gasteiger partial charge < -0.3 is 9.73 Å². The summed E-state index contributed by atoms with van der Waals surface area (Å²) in [6.07, 6.45) is 3.42. The number of benzene rings is 1. The second-order valence-electron chi connectivity index (χ2n) is 6.30. The highest BCUT2D eigenvalue weighted by Crippen LogP contribution is 2.38. The SMILES string of the molecule is CCC(=O)Nc1cc(-c2nc(-c3ncn[nH]3)c(-c3ccccc3Cl)o2)c(C)cn1. The summed E-state index contributed by atoms with van der Waals surface area (Å²) >= 11 is 6.39. The molecule has 0 spiro atoms. The molecule has 0 bridgehead atoms. The van der Waals surface area contributed by atoms with E-state index >= 15 is 0 Å². The number of aromatic amines is 1. The first kappa shape index (κ1) is 18.8. The average Bonchev–Trinajstić information content (AvgIpc) is 3.39. The van der Waals surface area contributed by atoms with E-state index in [4.69, 9.17) is 16.0 Å². The zero-order valence-electron chi connectivity index (χ0n) is 15.7. The number of nitrogens with zero attached hydrogens (tertiary/aromatic N) is 4. The highest BCUT2D eigenvalue weighted by molar-refractivity contribution is 6.33. The third-order valence-corrected chi connectivity index (χ3v) is 4.64. The van der Waals surface area contributed by atoms with Gasteiger partial charge in [0, 0.05) is 23.7 Å². The molecule has 4 rings (SSSR count). The molecule has 1 amide bonds. The molecule has 0 aliphatic carbocycles. The van der Waals surface area contributed by atoms with Crippen molar-refractivity contribution < 1.29 is 9.21 Å². The number of aryl methyl sites for hydroxylation is 1. The Balaban J connectivity index is 1.86. The van der Waals surface area contributed by atoms with Gasteiger partial charge in [-0.25, -0.2) is 15.0 Å². The number of oxazole rings is 1. The number of aromatic nitrogens is 5. The lowest BCUT2D eigenvalue weighted by atomic mass is 10.1. The zero-order valence-corrected chi connectivity index (χ0v) is 16.5. The van der Waals surface area contributed by atoms with Crippen LogP contribution >= 0.6 is 11.6 Å². The van der Waals surface area contributed by atoms with Gasteiger partial charge in [-0.3, -0.25) is 9.89 Å². The van der Waals surface area contributed by atoms with Gasteiger partial charge >= 0.3 is 0 Å². The van der Waals surface area contributed by atoms with Crippen LogP contribution in [-0.2, 0) is 4.79 Å². The monoisotopic (exact) mass is 408 g/mol. The van der Waals surface area contributed by atoms with E-state index in [9.17, 15) is 4.79 Å². The molecular formula is C20H17ClN6O2. The van der Waals surface area contributed by atoms with Gasteiger partial charge in [-0.15, -0.1) is 0 Å². The molecule has 0 saturated heterocycles. The Bertz CT molecular complexity index is 1170. The molecule has 0 saturated carbocycles. The molecule has 146 valence electrons. The summed E-state index contributed by atoms with van der Waals surface area (Å²) in [4.78, 5) is 24.8. The first-order chi connectivity index (χ1) is 14.1. The molecule has 0 radical (unpaired) electrons. The number of H-pyrrole nitrogens is 1. The molecule has 0 atom stereocenters. The summed E-state index contributed by atoms with van der Waals surface area (Å²) in [6.45, 7) is 3.67. The normalized spacial score (nSPS) is 10.9. The number of halogens is 1. The van der Waals surface area contributed by atoms with E-state index in [1.165, 1.54) is 6.33 Å². The van der Waals surface area contributed by atoms with Crippen molar-refractivity contribution in [3.05, 3.63) is 53.4 Å². The van der Waals surface area contributed by atoms with Crippen LogP contribution in [0.3, 0.4) is 0 Å². The number of carbonyl (C=O) groups is 1. The van der Waals surface area contributed by atoms with E-state index in [1.807, 2.05) is 25.1 Å². The number of pyridine rings is 1. The van der Waals surface area contributed by atoms with Crippen molar-refractivity contribution in [1.82, 2.24) is 25.1 Å². The highest BCUT2D eigenvalue weighted by Gasteiger charge is 2.22. The number of hydrogen-bond donors (Lipinski definition) is 2. The van der Waals surface area contributed by atoms with Gasteiger partial charge in [0.05, 0.1) is 5.02 Å². The predicted molar refractivity (Wildman–Crippen MR) is 109 cm³/mol.